The molecule has 2 rings (SSSR count). The minimum absolute atomic E-state index is 0.272. The van der Waals surface area contributed by atoms with Crippen LogP contribution in [0, 0.1) is 0 Å². The molecule has 1 aromatic carbocycles. The van der Waals surface area contributed by atoms with Crippen molar-refractivity contribution < 1.29 is 4.79 Å². The lowest BCUT2D eigenvalue weighted by Gasteiger charge is -2.00. The van der Waals surface area contributed by atoms with E-state index in [2.05, 4.69) is 20.7 Å². The highest BCUT2D eigenvalue weighted by Crippen LogP contribution is 2.06. The molecule has 0 aliphatic heterocycles. The van der Waals surface area contributed by atoms with Gasteiger partial charge in [-0.15, -0.1) is 0 Å². The van der Waals surface area contributed by atoms with Crippen molar-refractivity contribution in [2.24, 2.45) is 0 Å². The molecule has 0 saturated heterocycles. The van der Waals surface area contributed by atoms with Crippen LogP contribution in [-0.4, -0.2) is 21.3 Å². The zero-order chi connectivity index (χ0) is 9.80. The van der Waals surface area contributed by atoms with Gasteiger partial charge in [0.1, 0.15) is 0 Å². The van der Waals surface area contributed by atoms with E-state index >= 15 is 0 Å². The van der Waals surface area contributed by atoms with Gasteiger partial charge in [-0.05, 0) is 12.1 Å². The normalized spacial score (nSPS) is 9.71. The molecule has 2 N–H and O–H groups in total. The summed E-state index contributed by atoms with van der Waals surface area (Å²) in [7, 11) is 0. The number of para-hydroxylation sites is 1. The van der Waals surface area contributed by atoms with Crippen molar-refractivity contribution in [3.05, 3.63) is 42.2 Å². The number of hydrogen-bond donors (Lipinski definition) is 2. The first-order chi connectivity index (χ1) is 6.86. The quantitative estimate of drug-likeness (QED) is 0.740. The minimum Gasteiger partial charge on any atom is -0.321 e. The van der Waals surface area contributed by atoms with Crippen molar-refractivity contribution in [3.8, 4) is 0 Å². The molecular weight excluding hydrogens is 180 g/mol. The van der Waals surface area contributed by atoms with E-state index in [-0.39, 0.29) is 11.6 Å². The Morgan fingerprint density at radius 2 is 2.07 bits per heavy atom. The lowest BCUT2D eigenvalue weighted by Crippen LogP contribution is -2.12. The third kappa shape index (κ3) is 1.77. The minimum atomic E-state index is -0.273. The summed E-state index contributed by atoms with van der Waals surface area (Å²) >= 11 is 0. The fourth-order valence-electron chi connectivity index (χ4n) is 1.03. The van der Waals surface area contributed by atoms with Gasteiger partial charge in [0.05, 0.1) is 6.20 Å². The molecule has 0 bridgehead atoms. The van der Waals surface area contributed by atoms with E-state index in [4.69, 9.17) is 0 Å². The SMILES string of the molecule is O=C(Nc1ccccc1)c1cn[nH]n1. The number of rotatable bonds is 2. The maximum absolute atomic E-state index is 11.4. The summed E-state index contributed by atoms with van der Waals surface area (Å²) in [4.78, 5) is 11.4. The van der Waals surface area contributed by atoms with Gasteiger partial charge in [-0.1, -0.05) is 18.2 Å². The molecule has 0 unspecified atom stereocenters. The molecule has 1 heterocycles. The van der Waals surface area contributed by atoms with Crippen LogP contribution in [-0.2, 0) is 0 Å². The highest BCUT2D eigenvalue weighted by atomic mass is 16.2. The molecule has 0 atom stereocenters. The Morgan fingerprint density at radius 1 is 1.29 bits per heavy atom. The summed E-state index contributed by atoms with van der Waals surface area (Å²) in [6.07, 6.45) is 1.37. The topological polar surface area (TPSA) is 70.7 Å². The third-order valence-corrected chi connectivity index (χ3v) is 1.68. The van der Waals surface area contributed by atoms with Gasteiger partial charge in [0.25, 0.3) is 5.91 Å². The van der Waals surface area contributed by atoms with Gasteiger partial charge < -0.3 is 5.32 Å². The van der Waals surface area contributed by atoms with E-state index < -0.39 is 0 Å². The van der Waals surface area contributed by atoms with Gasteiger partial charge in [-0.25, -0.2) is 0 Å². The average molecular weight is 188 g/mol. The summed E-state index contributed by atoms with van der Waals surface area (Å²) < 4.78 is 0. The number of aromatic amines is 1. The smallest absolute Gasteiger partial charge is 0.277 e. The maximum atomic E-state index is 11.4. The molecule has 0 spiro atoms. The van der Waals surface area contributed by atoms with Gasteiger partial charge in [0, 0.05) is 5.69 Å². The first-order valence-electron chi connectivity index (χ1n) is 4.08. The summed E-state index contributed by atoms with van der Waals surface area (Å²) in [6, 6.07) is 9.18. The van der Waals surface area contributed by atoms with Crippen LogP contribution in [0.25, 0.3) is 0 Å². The molecule has 5 nitrogen and oxygen atoms in total. The van der Waals surface area contributed by atoms with Crippen LogP contribution >= 0.6 is 0 Å². The van der Waals surface area contributed by atoms with Crippen molar-refractivity contribution >= 4 is 11.6 Å². The van der Waals surface area contributed by atoms with E-state index in [0.717, 1.165) is 5.69 Å². The lowest BCUT2D eigenvalue weighted by atomic mass is 10.3. The zero-order valence-corrected chi connectivity index (χ0v) is 7.27. The van der Waals surface area contributed by atoms with Gasteiger partial charge in [0.2, 0.25) is 0 Å². The van der Waals surface area contributed by atoms with Crippen molar-refractivity contribution in [3.63, 3.8) is 0 Å². The second-order valence-electron chi connectivity index (χ2n) is 2.68. The molecule has 0 saturated carbocycles. The molecule has 0 aliphatic rings. The standard InChI is InChI=1S/C9H8N4O/c14-9(8-6-10-13-12-8)11-7-4-2-1-3-5-7/h1-6H,(H,11,14)(H,10,12,13). The molecular formula is C9H8N4O. The molecule has 1 amide bonds. The Bertz CT molecular complexity index is 410. The number of carbonyl (C=O) groups excluding carboxylic acids is 1. The molecule has 0 radical (unpaired) electrons. The third-order valence-electron chi connectivity index (χ3n) is 1.68. The molecule has 0 fully saturated rings. The number of anilines is 1. The van der Waals surface area contributed by atoms with Crippen molar-refractivity contribution in [1.29, 1.82) is 0 Å². The number of aromatic nitrogens is 3. The monoisotopic (exact) mass is 188 g/mol. The highest BCUT2D eigenvalue weighted by molar-refractivity contribution is 6.02. The van der Waals surface area contributed by atoms with Crippen LogP contribution in [0.3, 0.4) is 0 Å². The van der Waals surface area contributed by atoms with Gasteiger partial charge in [-0.2, -0.15) is 15.4 Å². The Hall–Kier alpha value is -2.17. The number of nitrogens with one attached hydrogen (secondary N) is 2. The van der Waals surface area contributed by atoms with Crippen LogP contribution in [0.15, 0.2) is 36.5 Å². The van der Waals surface area contributed by atoms with E-state index in [0.29, 0.717) is 0 Å². The van der Waals surface area contributed by atoms with Crippen LogP contribution in [0.2, 0.25) is 0 Å². The second kappa shape index (κ2) is 3.69. The van der Waals surface area contributed by atoms with E-state index in [1.165, 1.54) is 6.20 Å². The molecule has 14 heavy (non-hydrogen) atoms. The highest BCUT2D eigenvalue weighted by Gasteiger charge is 2.07. The number of H-pyrrole nitrogens is 1. The Morgan fingerprint density at radius 3 is 2.71 bits per heavy atom. The van der Waals surface area contributed by atoms with Gasteiger partial charge in [0.15, 0.2) is 5.69 Å². The largest absolute Gasteiger partial charge is 0.321 e. The van der Waals surface area contributed by atoms with Crippen LogP contribution in [0.5, 0.6) is 0 Å². The Kier molecular flexibility index (Phi) is 2.22. The molecule has 70 valence electrons. The number of nitrogens with zero attached hydrogens (tertiary/aromatic N) is 2. The first kappa shape index (κ1) is 8.43. The lowest BCUT2D eigenvalue weighted by molar-refractivity contribution is 0.102. The Balaban J connectivity index is 2.10. The Labute approximate surface area is 80.2 Å². The molecule has 5 heteroatoms. The zero-order valence-electron chi connectivity index (χ0n) is 7.27. The molecule has 1 aromatic heterocycles. The van der Waals surface area contributed by atoms with E-state index in [1.807, 2.05) is 18.2 Å². The van der Waals surface area contributed by atoms with Crippen molar-refractivity contribution in [2.45, 2.75) is 0 Å². The molecule has 2 aromatic rings. The average Bonchev–Trinajstić information content (AvgIpc) is 2.72. The predicted molar refractivity (Wildman–Crippen MR) is 50.8 cm³/mol. The summed E-state index contributed by atoms with van der Waals surface area (Å²) in [5.74, 6) is -0.273. The van der Waals surface area contributed by atoms with Crippen molar-refractivity contribution in [2.75, 3.05) is 5.32 Å². The van der Waals surface area contributed by atoms with Gasteiger partial charge in [-0.3, -0.25) is 4.79 Å². The van der Waals surface area contributed by atoms with Gasteiger partial charge >= 0.3 is 0 Å². The second-order valence-corrected chi connectivity index (χ2v) is 2.68. The van der Waals surface area contributed by atoms with E-state index in [1.54, 1.807) is 12.1 Å². The first-order valence-corrected chi connectivity index (χ1v) is 4.08. The molecule has 0 aliphatic carbocycles. The predicted octanol–water partition coefficient (Wildman–Crippen LogP) is 1.06. The fourth-order valence-corrected chi connectivity index (χ4v) is 1.03. The number of benzene rings is 1. The fraction of sp³-hybridized carbons (Fsp3) is 0. The summed E-state index contributed by atoms with van der Waals surface area (Å²) in [6.45, 7) is 0. The maximum Gasteiger partial charge on any atom is 0.277 e. The van der Waals surface area contributed by atoms with Crippen LogP contribution in [0.4, 0.5) is 5.69 Å². The van der Waals surface area contributed by atoms with Crippen molar-refractivity contribution in [1.82, 2.24) is 15.4 Å². The summed E-state index contributed by atoms with van der Waals surface area (Å²) in [5.41, 5.74) is 1.01. The van der Waals surface area contributed by atoms with E-state index in [9.17, 15) is 4.79 Å². The number of hydrogen-bond acceptors (Lipinski definition) is 3. The van der Waals surface area contributed by atoms with Crippen LogP contribution < -0.4 is 5.32 Å². The number of amides is 1. The summed E-state index contributed by atoms with van der Waals surface area (Å²) in [5, 5.41) is 12.3. The van der Waals surface area contributed by atoms with Crippen LogP contribution in [0.1, 0.15) is 10.5 Å². The number of carbonyl (C=O) groups is 1.